The van der Waals surface area contributed by atoms with Crippen molar-refractivity contribution in [2.24, 2.45) is 4.40 Å². The summed E-state index contributed by atoms with van der Waals surface area (Å²) in [7, 11) is -2.09. The summed E-state index contributed by atoms with van der Waals surface area (Å²) in [5.74, 6) is 0.193. The van der Waals surface area contributed by atoms with Gasteiger partial charge in [0.2, 0.25) is 5.91 Å². The highest BCUT2D eigenvalue weighted by molar-refractivity contribution is 7.90. The standard InChI is InChI=1S/C20H21N3O4S/c1-27-13-14-6-4-7-15(12-14)21-20(24)17-9-5-11-23(17)19-16-8-2-3-10-18(16)28(25,26)22-19/h2-4,6-8,10,12,17H,5,9,11,13H2,1H3,(H,21,24)/t17-/m0/s1. The van der Waals surface area contributed by atoms with E-state index in [2.05, 4.69) is 9.71 Å². The average molecular weight is 399 g/mol. The summed E-state index contributed by atoms with van der Waals surface area (Å²) in [6.07, 6.45) is 1.44. The normalized spacial score (nSPS) is 20.0. The van der Waals surface area contributed by atoms with Gasteiger partial charge in [-0.1, -0.05) is 24.3 Å². The summed E-state index contributed by atoms with van der Waals surface area (Å²) in [5.41, 5.74) is 2.21. The highest BCUT2D eigenvalue weighted by Gasteiger charge is 2.39. The van der Waals surface area contributed by atoms with Crippen LogP contribution < -0.4 is 5.32 Å². The molecule has 1 saturated heterocycles. The Morgan fingerprint density at radius 2 is 2.07 bits per heavy atom. The molecule has 4 rings (SSSR count). The number of rotatable bonds is 4. The monoisotopic (exact) mass is 399 g/mol. The van der Waals surface area contributed by atoms with Crippen molar-refractivity contribution in [1.29, 1.82) is 0 Å². The van der Waals surface area contributed by atoms with Crippen molar-refractivity contribution in [2.45, 2.75) is 30.4 Å². The Morgan fingerprint density at radius 1 is 1.25 bits per heavy atom. The van der Waals surface area contributed by atoms with Crippen molar-refractivity contribution < 1.29 is 17.9 Å². The molecule has 0 spiro atoms. The third-order valence-corrected chi connectivity index (χ3v) is 6.27. The first-order valence-electron chi connectivity index (χ1n) is 9.09. The molecule has 1 fully saturated rings. The summed E-state index contributed by atoms with van der Waals surface area (Å²) < 4.78 is 33.8. The van der Waals surface area contributed by atoms with Crippen LogP contribution in [0.2, 0.25) is 0 Å². The molecule has 0 aromatic heterocycles. The van der Waals surface area contributed by atoms with Crippen molar-refractivity contribution in [3.05, 3.63) is 59.7 Å². The number of benzene rings is 2. The van der Waals surface area contributed by atoms with Crippen LogP contribution in [0.1, 0.15) is 24.0 Å². The van der Waals surface area contributed by atoms with Gasteiger partial charge in [0.25, 0.3) is 10.0 Å². The number of fused-ring (bicyclic) bond motifs is 1. The van der Waals surface area contributed by atoms with E-state index in [4.69, 9.17) is 4.74 Å². The highest BCUT2D eigenvalue weighted by atomic mass is 32.2. The summed E-state index contributed by atoms with van der Waals surface area (Å²) in [6, 6.07) is 13.8. The molecule has 0 saturated carbocycles. The van der Waals surface area contributed by atoms with Gasteiger partial charge in [0.05, 0.1) is 6.61 Å². The molecule has 2 aliphatic rings. The minimum Gasteiger partial charge on any atom is -0.380 e. The van der Waals surface area contributed by atoms with Crippen LogP contribution in [0.3, 0.4) is 0 Å². The van der Waals surface area contributed by atoms with Crippen LogP contribution >= 0.6 is 0 Å². The van der Waals surface area contributed by atoms with E-state index in [1.54, 1.807) is 36.3 Å². The zero-order valence-corrected chi connectivity index (χ0v) is 16.3. The molecule has 146 valence electrons. The van der Waals surface area contributed by atoms with Crippen LogP contribution in [-0.2, 0) is 26.2 Å². The lowest BCUT2D eigenvalue weighted by atomic mass is 10.1. The van der Waals surface area contributed by atoms with Gasteiger partial charge in [0, 0.05) is 24.9 Å². The average Bonchev–Trinajstić information content (AvgIpc) is 3.25. The fraction of sp³-hybridized carbons (Fsp3) is 0.300. The number of anilines is 1. The molecule has 28 heavy (non-hydrogen) atoms. The van der Waals surface area contributed by atoms with E-state index in [9.17, 15) is 13.2 Å². The maximum atomic E-state index is 12.9. The number of hydrogen-bond acceptors (Lipinski definition) is 5. The van der Waals surface area contributed by atoms with Gasteiger partial charge in [-0.25, -0.2) is 0 Å². The highest BCUT2D eigenvalue weighted by Crippen LogP contribution is 2.31. The van der Waals surface area contributed by atoms with Gasteiger partial charge < -0.3 is 15.0 Å². The van der Waals surface area contributed by atoms with Gasteiger partial charge >= 0.3 is 0 Å². The number of nitrogens with zero attached hydrogens (tertiary/aromatic N) is 2. The van der Waals surface area contributed by atoms with Gasteiger partial charge in [-0.3, -0.25) is 4.79 Å². The Hall–Kier alpha value is -2.71. The summed E-state index contributed by atoms with van der Waals surface area (Å²) in [5, 5.41) is 2.94. The number of nitrogens with one attached hydrogen (secondary N) is 1. The van der Waals surface area contributed by atoms with Gasteiger partial charge in [-0.2, -0.15) is 8.42 Å². The number of amidine groups is 1. The molecule has 8 heteroatoms. The fourth-order valence-corrected chi connectivity index (χ4v) is 4.94. The van der Waals surface area contributed by atoms with Crippen LogP contribution in [0.25, 0.3) is 0 Å². The molecule has 7 nitrogen and oxygen atoms in total. The van der Waals surface area contributed by atoms with Crippen molar-refractivity contribution in [3.63, 3.8) is 0 Å². The van der Waals surface area contributed by atoms with Gasteiger partial charge in [-0.05, 0) is 42.7 Å². The Balaban J connectivity index is 1.58. The number of carbonyl (C=O) groups excluding carboxylic acids is 1. The summed E-state index contributed by atoms with van der Waals surface area (Å²) in [6.45, 7) is 1.05. The van der Waals surface area contributed by atoms with Crippen LogP contribution in [0.4, 0.5) is 5.69 Å². The molecule has 1 atom stereocenters. The second-order valence-corrected chi connectivity index (χ2v) is 8.43. The second-order valence-electron chi connectivity index (χ2n) is 6.86. The Kier molecular flexibility index (Phi) is 4.91. The lowest BCUT2D eigenvalue weighted by molar-refractivity contribution is -0.119. The quantitative estimate of drug-likeness (QED) is 0.853. The Labute approximate surface area is 164 Å². The minimum absolute atomic E-state index is 0.170. The first-order chi connectivity index (χ1) is 13.5. The maximum absolute atomic E-state index is 12.9. The zero-order chi connectivity index (χ0) is 19.7. The van der Waals surface area contributed by atoms with Gasteiger partial charge in [0.15, 0.2) is 5.84 Å². The molecule has 2 aromatic carbocycles. The molecule has 0 unspecified atom stereocenters. The predicted molar refractivity (Wildman–Crippen MR) is 106 cm³/mol. The maximum Gasteiger partial charge on any atom is 0.285 e. The molecule has 2 aliphatic heterocycles. The number of likely N-dealkylation sites (tertiary alicyclic amines) is 1. The lowest BCUT2D eigenvalue weighted by Crippen LogP contribution is -2.43. The number of ether oxygens (including phenoxy) is 1. The van der Waals surface area contributed by atoms with Crippen molar-refractivity contribution in [2.75, 3.05) is 19.0 Å². The van der Waals surface area contributed by atoms with Gasteiger partial charge in [-0.15, -0.1) is 4.40 Å². The van der Waals surface area contributed by atoms with E-state index >= 15 is 0 Å². The molecule has 1 amide bonds. The molecule has 0 bridgehead atoms. The fourth-order valence-electron chi connectivity index (χ4n) is 3.72. The lowest BCUT2D eigenvalue weighted by Gasteiger charge is -2.25. The number of carbonyl (C=O) groups is 1. The van der Waals surface area contributed by atoms with E-state index in [1.807, 2.05) is 24.3 Å². The molecule has 2 heterocycles. The third kappa shape index (κ3) is 3.41. The van der Waals surface area contributed by atoms with Crippen LogP contribution in [0.5, 0.6) is 0 Å². The summed E-state index contributed by atoms with van der Waals surface area (Å²) in [4.78, 5) is 14.9. The first-order valence-corrected chi connectivity index (χ1v) is 10.5. The van der Waals surface area contributed by atoms with E-state index < -0.39 is 16.1 Å². The minimum atomic E-state index is -3.71. The Morgan fingerprint density at radius 3 is 2.89 bits per heavy atom. The first kappa shape index (κ1) is 18.6. The van der Waals surface area contributed by atoms with Crippen molar-refractivity contribution in [3.8, 4) is 0 Å². The molecule has 0 aliphatic carbocycles. The van der Waals surface area contributed by atoms with E-state index in [-0.39, 0.29) is 10.8 Å². The number of methoxy groups -OCH3 is 1. The predicted octanol–water partition coefficient (Wildman–Crippen LogP) is 2.39. The zero-order valence-electron chi connectivity index (χ0n) is 15.5. The molecule has 0 radical (unpaired) electrons. The largest absolute Gasteiger partial charge is 0.380 e. The SMILES string of the molecule is COCc1cccc(NC(=O)[C@@H]2CCCN2C2=NS(=O)(=O)c3ccccc32)c1. The number of amides is 1. The van der Waals surface area contributed by atoms with Crippen LogP contribution in [0, 0.1) is 0 Å². The molecule has 1 N–H and O–H groups in total. The van der Waals surface area contributed by atoms with E-state index in [0.29, 0.717) is 36.7 Å². The van der Waals surface area contributed by atoms with Crippen LogP contribution in [-0.4, -0.2) is 44.8 Å². The molecule has 2 aromatic rings. The van der Waals surface area contributed by atoms with E-state index in [1.165, 1.54) is 0 Å². The topological polar surface area (TPSA) is 88.1 Å². The van der Waals surface area contributed by atoms with Crippen molar-refractivity contribution in [1.82, 2.24) is 4.90 Å². The third-order valence-electron chi connectivity index (χ3n) is 4.95. The smallest absolute Gasteiger partial charge is 0.285 e. The van der Waals surface area contributed by atoms with Gasteiger partial charge in [0.1, 0.15) is 10.9 Å². The molecular formula is C20H21N3O4S. The molecular weight excluding hydrogens is 378 g/mol. The van der Waals surface area contributed by atoms with Crippen LogP contribution in [0.15, 0.2) is 57.8 Å². The second kappa shape index (κ2) is 7.37. The Bertz CT molecular complexity index is 1050. The number of sulfonamides is 1. The van der Waals surface area contributed by atoms with E-state index in [0.717, 1.165) is 12.0 Å². The van der Waals surface area contributed by atoms with Crippen molar-refractivity contribution >= 4 is 27.5 Å². The summed E-state index contributed by atoms with van der Waals surface area (Å²) >= 11 is 0. The number of hydrogen-bond donors (Lipinski definition) is 1.